The molecule has 17 heteroatoms. The molecule has 3 heterocycles. The molecule has 3 saturated carbocycles. The Morgan fingerprint density at radius 2 is 1.92 bits per heavy atom. The molecule has 2 bridgehead atoms. The predicted molar refractivity (Wildman–Crippen MR) is 198 cm³/mol. The molecule has 8 rings (SSSR count). The number of aromatic nitrogens is 5. The van der Waals surface area contributed by atoms with Crippen molar-refractivity contribution in [1.82, 2.24) is 24.5 Å². The number of aliphatic hydroxyl groups is 1. The van der Waals surface area contributed by atoms with Crippen LogP contribution in [0.5, 0.6) is 0 Å². The van der Waals surface area contributed by atoms with E-state index in [-0.39, 0.29) is 27.1 Å². The minimum atomic E-state index is -4.82. The number of anilines is 2. The smallest absolute Gasteiger partial charge is 0.383 e. The number of hydrogen-bond acceptors (Lipinski definition) is 11. The Morgan fingerprint density at radius 1 is 1.17 bits per heavy atom. The molecule has 0 spiro atoms. The van der Waals surface area contributed by atoms with Gasteiger partial charge in [-0.2, -0.15) is 5.26 Å². The van der Waals surface area contributed by atoms with Gasteiger partial charge in [-0.25, -0.2) is 9.25 Å². The fraction of sp³-hybridized carbons (Fsp3) is 0.417. The number of benzene rings is 2. The highest BCUT2D eigenvalue weighted by Crippen LogP contribution is 2.62. The largest absolute Gasteiger partial charge is 0.469 e. The number of pyridine rings is 2. The highest BCUT2D eigenvalue weighted by Gasteiger charge is 2.59. The first-order chi connectivity index (χ1) is 25.1. The van der Waals surface area contributed by atoms with E-state index in [1.165, 1.54) is 15.7 Å². The Hall–Kier alpha value is -4.39. The number of rotatable bonds is 13. The van der Waals surface area contributed by atoms with Crippen molar-refractivity contribution in [2.24, 2.45) is 18.4 Å². The van der Waals surface area contributed by atoms with E-state index in [9.17, 15) is 29.5 Å². The van der Waals surface area contributed by atoms with Crippen molar-refractivity contribution in [1.29, 1.82) is 5.26 Å². The van der Waals surface area contributed by atoms with Crippen LogP contribution in [0.3, 0.4) is 0 Å². The Balaban J connectivity index is 1.44. The van der Waals surface area contributed by atoms with E-state index in [0.717, 1.165) is 19.3 Å². The highest BCUT2D eigenvalue weighted by molar-refractivity contribution is 7.46. The van der Waals surface area contributed by atoms with Gasteiger partial charge in [0.25, 0.3) is 5.56 Å². The monoisotopic (exact) mass is 762 g/mol. The average molecular weight is 763 g/mol. The zero-order chi connectivity index (χ0) is 37.9. The van der Waals surface area contributed by atoms with Crippen molar-refractivity contribution in [2.45, 2.75) is 58.0 Å². The summed E-state index contributed by atoms with van der Waals surface area (Å²) >= 11 is 6.97. The van der Waals surface area contributed by atoms with Crippen molar-refractivity contribution >= 4 is 52.5 Å². The molecule has 0 saturated heterocycles. The maximum absolute atomic E-state index is 13.4. The van der Waals surface area contributed by atoms with Crippen LogP contribution in [-0.4, -0.2) is 65.6 Å². The van der Waals surface area contributed by atoms with E-state index in [2.05, 4.69) is 52.0 Å². The number of nitrogens with zero attached hydrogens (tertiary/aromatic N) is 7. The minimum Gasteiger partial charge on any atom is -0.383 e. The molecule has 1 unspecified atom stereocenters. The summed E-state index contributed by atoms with van der Waals surface area (Å²) < 4.78 is 25.2. The molecule has 0 aliphatic heterocycles. The minimum absolute atomic E-state index is 0.117. The zero-order valence-corrected chi connectivity index (χ0v) is 31.3. The summed E-state index contributed by atoms with van der Waals surface area (Å²) in [6.07, 6.45) is 6.17. The number of ether oxygens (including phenoxy) is 1. The number of aryl methyl sites for hydroxylation is 1. The van der Waals surface area contributed by atoms with Crippen LogP contribution in [0.25, 0.3) is 21.7 Å². The van der Waals surface area contributed by atoms with Gasteiger partial charge in [-0.05, 0) is 65.8 Å². The standard InChI is InChI=1S/C36H40ClN8O7P/c1-35(2,3)20-40-30-22(17-38)18-39-31-27(30)12-23(13-28(31)37)45(34(47)51-10-11-52-53(48,49)50)32(29-19-44(42-41-29)36-14-21(15-36)16-36)25-6-5-7-26-24(25)8-9-43(4)33(26)46/h5-9,12-13,18-19,21,32,34,47H,10-11,14-16,20H2,1-4H3,(H,39,40)(H2,48,49,50)/t21?,32-,34?,36?/m0/s1. The summed E-state index contributed by atoms with van der Waals surface area (Å²) in [6.45, 7) is 5.74. The van der Waals surface area contributed by atoms with Gasteiger partial charge < -0.3 is 34.4 Å². The number of nitriles is 1. The third-order valence-electron chi connectivity index (χ3n) is 9.98. The Bertz CT molecular complexity index is 2350. The van der Waals surface area contributed by atoms with Gasteiger partial charge in [0.1, 0.15) is 17.8 Å². The summed E-state index contributed by atoms with van der Waals surface area (Å²) in [7, 11) is -3.15. The van der Waals surface area contributed by atoms with Crippen LogP contribution >= 0.6 is 19.4 Å². The Kier molecular flexibility index (Phi) is 9.61. The maximum atomic E-state index is 13.4. The first-order valence-corrected chi connectivity index (χ1v) is 19.0. The lowest BCUT2D eigenvalue weighted by Gasteiger charge is -2.61. The van der Waals surface area contributed by atoms with Crippen LogP contribution in [0.15, 0.2) is 59.8 Å². The molecule has 3 aliphatic rings. The number of halogens is 1. The number of fused-ring (bicyclic) bond motifs is 2. The topological polar surface area (TPSA) is 201 Å². The normalized spacial score (nSPS) is 19.3. The first kappa shape index (κ1) is 36.9. The molecule has 15 nitrogen and oxygen atoms in total. The molecule has 3 aromatic heterocycles. The molecule has 278 valence electrons. The van der Waals surface area contributed by atoms with Gasteiger partial charge in [0.15, 0.2) is 0 Å². The predicted octanol–water partition coefficient (Wildman–Crippen LogP) is 5.17. The SMILES string of the molecule is Cn1ccc2c([C@@H](c3cn(C45CC(C4)C5)nn3)N(c3cc(Cl)c4ncc(C#N)c(NCC(C)(C)C)c4c3)C(O)OCCOP(=O)(O)O)cccc2c1=O. The second-order valence-corrected chi connectivity index (χ2v) is 16.7. The molecule has 5 aromatic rings. The quantitative estimate of drug-likeness (QED) is 0.0696. The van der Waals surface area contributed by atoms with Gasteiger partial charge in [0.2, 0.25) is 6.41 Å². The summed E-state index contributed by atoms with van der Waals surface area (Å²) in [5.41, 5.74) is 2.05. The lowest BCUT2D eigenvalue weighted by atomic mass is 9.50. The summed E-state index contributed by atoms with van der Waals surface area (Å²) in [4.78, 5) is 37.9. The molecule has 4 N–H and O–H groups in total. The molecule has 0 amide bonds. The lowest BCUT2D eigenvalue weighted by molar-refractivity contribution is -0.109. The molecule has 3 aliphatic carbocycles. The van der Waals surface area contributed by atoms with Gasteiger partial charge in [-0.3, -0.25) is 14.3 Å². The number of nitrogens with one attached hydrogen (secondary N) is 1. The molecule has 2 atom stereocenters. The van der Waals surface area contributed by atoms with E-state index in [1.807, 2.05) is 23.0 Å². The maximum Gasteiger partial charge on any atom is 0.469 e. The van der Waals surface area contributed by atoms with Gasteiger partial charge in [-0.1, -0.05) is 49.7 Å². The number of phosphoric ester groups is 1. The van der Waals surface area contributed by atoms with Crippen LogP contribution in [0.4, 0.5) is 11.4 Å². The molecule has 53 heavy (non-hydrogen) atoms. The average Bonchev–Trinajstić information content (AvgIpc) is 3.52. The Labute approximate surface area is 310 Å². The van der Waals surface area contributed by atoms with Crippen molar-refractivity contribution in [3.8, 4) is 6.07 Å². The molecular weight excluding hydrogens is 723 g/mol. The number of phosphoric acid groups is 1. The fourth-order valence-electron chi connectivity index (χ4n) is 7.25. The fourth-order valence-corrected chi connectivity index (χ4v) is 7.83. The van der Waals surface area contributed by atoms with Gasteiger partial charge in [-0.15, -0.1) is 5.10 Å². The van der Waals surface area contributed by atoms with E-state index in [4.69, 9.17) is 16.3 Å². The van der Waals surface area contributed by atoms with Crippen LogP contribution in [0, 0.1) is 22.7 Å². The van der Waals surface area contributed by atoms with Crippen molar-refractivity contribution in [2.75, 3.05) is 30.0 Å². The second kappa shape index (κ2) is 13.8. The van der Waals surface area contributed by atoms with Gasteiger partial charge in [0.05, 0.1) is 46.7 Å². The van der Waals surface area contributed by atoms with Crippen LogP contribution < -0.4 is 15.8 Å². The molecule has 2 aromatic carbocycles. The van der Waals surface area contributed by atoms with Crippen molar-refractivity contribution < 1.29 is 28.7 Å². The zero-order valence-electron chi connectivity index (χ0n) is 29.6. The van der Waals surface area contributed by atoms with Crippen molar-refractivity contribution in [3.05, 3.63) is 87.2 Å². The van der Waals surface area contributed by atoms with Gasteiger partial charge >= 0.3 is 7.82 Å². The van der Waals surface area contributed by atoms with E-state index < -0.39 is 33.5 Å². The van der Waals surface area contributed by atoms with Crippen LogP contribution in [0.1, 0.15) is 62.9 Å². The summed E-state index contributed by atoms with van der Waals surface area (Å²) in [5, 5.41) is 36.5. The third-order valence-corrected chi connectivity index (χ3v) is 10.8. The number of hydrogen-bond donors (Lipinski definition) is 4. The third kappa shape index (κ3) is 7.16. The van der Waals surface area contributed by atoms with Crippen molar-refractivity contribution in [3.63, 3.8) is 0 Å². The van der Waals surface area contributed by atoms with Crippen LogP contribution in [0.2, 0.25) is 5.02 Å². The molecular formula is C36H40ClN8O7P. The van der Waals surface area contributed by atoms with E-state index in [0.29, 0.717) is 56.8 Å². The first-order valence-electron chi connectivity index (χ1n) is 17.1. The Morgan fingerprint density at radius 3 is 2.58 bits per heavy atom. The molecule has 0 radical (unpaired) electrons. The van der Waals surface area contributed by atoms with E-state index >= 15 is 0 Å². The lowest BCUT2D eigenvalue weighted by Crippen LogP contribution is -2.59. The highest BCUT2D eigenvalue weighted by atomic mass is 35.5. The number of aliphatic hydroxyl groups excluding tert-OH is 1. The van der Waals surface area contributed by atoms with Gasteiger partial charge in [0, 0.05) is 42.4 Å². The molecule has 3 fully saturated rings. The second-order valence-electron chi connectivity index (χ2n) is 15.1. The van der Waals surface area contributed by atoms with E-state index in [1.54, 1.807) is 37.5 Å². The van der Waals surface area contributed by atoms with Crippen LogP contribution in [-0.2, 0) is 26.4 Å². The summed E-state index contributed by atoms with van der Waals surface area (Å²) in [6, 6.07) is 11.7. The summed E-state index contributed by atoms with van der Waals surface area (Å²) in [5.74, 6) is 0.669.